The molecule has 0 unspecified atom stereocenters. The molecule has 3 rings (SSSR count). The standard InChI is InChI=1S/C23H22BrNO4/c1-4-29-18(27)12-11-17(26)22-23(28)20(24)16-10-6-9-15(21(16)25-22)19-13(2)7-5-8-14(19)3/h5-10,28H,4,11-12H2,1-3H3. The predicted molar refractivity (Wildman–Crippen MR) is 116 cm³/mol. The molecule has 1 aromatic heterocycles. The number of aromatic hydroxyl groups is 1. The maximum absolute atomic E-state index is 12.7. The van der Waals surface area contributed by atoms with Crippen molar-refractivity contribution in [2.24, 2.45) is 0 Å². The van der Waals surface area contributed by atoms with Crippen molar-refractivity contribution in [3.05, 3.63) is 57.7 Å². The minimum atomic E-state index is -0.448. The number of esters is 1. The van der Waals surface area contributed by atoms with E-state index in [4.69, 9.17) is 4.74 Å². The summed E-state index contributed by atoms with van der Waals surface area (Å²) >= 11 is 3.41. The molecule has 5 nitrogen and oxygen atoms in total. The van der Waals surface area contributed by atoms with E-state index in [-0.39, 0.29) is 30.9 Å². The van der Waals surface area contributed by atoms with Gasteiger partial charge in [-0.2, -0.15) is 0 Å². The Morgan fingerprint density at radius 2 is 1.72 bits per heavy atom. The molecule has 0 saturated carbocycles. The number of fused-ring (bicyclic) bond motifs is 1. The van der Waals surface area contributed by atoms with E-state index in [1.54, 1.807) is 6.92 Å². The van der Waals surface area contributed by atoms with Crippen molar-refractivity contribution in [3.63, 3.8) is 0 Å². The third-order valence-electron chi connectivity index (χ3n) is 4.80. The fourth-order valence-electron chi connectivity index (χ4n) is 3.44. The minimum Gasteiger partial charge on any atom is -0.504 e. The number of nitrogens with zero attached hydrogens (tertiary/aromatic N) is 1. The Hall–Kier alpha value is -2.73. The molecule has 0 fully saturated rings. The smallest absolute Gasteiger partial charge is 0.306 e. The lowest BCUT2D eigenvalue weighted by atomic mass is 9.93. The first kappa shape index (κ1) is 21.0. The van der Waals surface area contributed by atoms with Crippen LogP contribution in [-0.2, 0) is 9.53 Å². The fraction of sp³-hybridized carbons (Fsp3) is 0.261. The molecule has 6 heteroatoms. The molecule has 0 radical (unpaired) electrons. The van der Waals surface area contributed by atoms with Crippen molar-refractivity contribution in [3.8, 4) is 16.9 Å². The van der Waals surface area contributed by atoms with Crippen LogP contribution in [-0.4, -0.2) is 28.4 Å². The number of carbonyl (C=O) groups excluding carboxylic acids is 2. The normalized spacial score (nSPS) is 10.9. The fourth-order valence-corrected chi connectivity index (χ4v) is 3.95. The van der Waals surface area contributed by atoms with Gasteiger partial charge < -0.3 is 9.84 Å². The van der Waals surface area contributed by atoms with Crippen LogP contribution in [0.2, 0.25) is 0 Å². The van der Waals surface area contributed by atoms with E-state index >= 15 is 0 Å². The van der Waals surface area contributed by atoms with Crippen molar-refractivity contribution in [2.45, 2.75) is 33.6 Å². The van der Waals surface area contributed by atoms with Crippen LogP contribution in [0.25, 0.3) is 22.0 Å². The number of carbonyl (C=O) groups is 2. The topological polar surface area (TPSA) is 76.5 Å². The number of aryl methyl sites for hydroxylation is 2. The van der Waals surface area contributed by atoms with Crippen LogP contribution in [0.5, 0.6) is 5.75 Å². The maximum atomic E-state index is 12.7. The number of pyridine rings is 1. The third-order valence-corrected chi connectivity index (χ3v) is 5.61. The van der Waals surface area contributed by atoms with Crippen molar-refractivity contribution in [1.82, 2.24) is 4.98 Å². The summed E-state index contributed by atoms with van der Waals surface area (Å²) in [6.07, 6.45) is -0.134. The van der Waals surface area contributed by atoms with E-state index in [0.717, 1.165) is 22.3 Å². The van der Waals surface area contributed by atoms with Gasteiger partial charge in [0.1, 0.15) is 5.69 Å². The molecule has 29 heavy (non-hydrogen) atoms. The Bertz CT molecular complexity index is 1090. The van der Waals surface area contributed by atoms with Gasteiger partial charge in [0, 0.05) is 17.4 Å². The summed E-state index contributed by atoms with van der Waals surface area (Å²) in [5, 5.41) is 11.3. The number of aromatic nitrogens is 1. The quantitative estimate of drug-likeness (QED) is 0.391. The number of rotatable bonds is 6. The van der Waals surface area contributed by atoms with Gasteiger partial charge in [0.15, 0.2) is 11.5 Å². The second-order valence-corrected chi connectivity index (χ2v) is 7.61. The Balaban J connectivity index is 2.13. The van der Waals surface area contributed by atoms with Gasteiger partial charge in [0.2, 0.25) is 0 Å². The van der Waals surface area contributed by atoms with Gasteiger partial charge in [0.25, 0.3) is 0 Å². The van der Waals surface area contributed by atoms with Crippen molar-refractivity contribution in [2.75, 3.05) is 6.61 Å². The van der Waals surface area contributed by atoms with Crippen molar-refractivity contribution >= 4 is 38.6 Å². The highest BCUT2D eigenvalue weighted by atomic mass is 79.9. The second kappa shape index (κ2) is 8.74. The highest BCUT2D eigenvalue weighted by Crippen LogP contribution is 2.39. The highest BCUT2D eigenvalue weighted by Gasteiger charge is 2.22. The lowest BCUT2D eigenvalue weighted by Gasteiger charge is -2.15. The Labute approximate surface area is 177 Å². The van der Waals surface area contributed by atoms with E-state index in [2.05, 4.69) is 20.9 Å². The molecule has 0 aliphatic heterocycles. The van der Waals surface area contributed by atoms with Gasteiger partial charge >= 0.3 is 5.97 Å². The summed E-state index contributed by atoms with van der Waals surface area (Å²) < 4.78 is 5.28. The molecule has 0 atom stereocenters. The van der Waals surface area contributed by atoms with E-state index in [0.29, 0.717) is 15.4 Å². The molecule has 3 aromatic rings. The number of ketones is 1. The first-order valence-corrected chi connectivity index (χ1v) is 10.2. The summed E-state index contributed by atoms with van der Waals surface area (Å²) in [6, 6.07) is 11.8. The number of benzene rings is 2. The molecular weight excluding hydrogens is 434 g/mol. The van der Waals surface area contributed by atoms with Crippen molar-refractivity contribution in [1.29, 1.82) is 0 Å². The van der Waals surface area contributed by atoms with E-state index in [1.807, 2.05) is 50.2 Å². The minimum absolute atomic E-state index is 0.0487. The Morgan fingerprint density at radius 3 is 2.38 bits per heavy atom. The summed E-state index contributed by atoms with van der Waals surface area (Å²) in [5.41, 5.74) is 4.70. The molecule has 1 heterocycles. The van der Waals surface area contributed by atoms with E-state index in [1.165, 1.54) is 0 Å². The molecule has 1 N–H and O–H groups in total. The summed E-state index contributed by atoms with van der Waals surface area (Å²) in [5.74, 6) is -1.07. The molecule has 0 aliphatic rings. The molecule has 0 spiro atoms. The molecular formula is C23H22BrNO4. The maximum Gasteiger partial charge on any atom is 0.306 e. The second-order valence-electron chi connectivity index (χ2n) is 6.82. The molecule has 150 valence electrons. The van der Waals surface area contributed by atoms with Gasteiger partial charge in [-0.25, -0.2) is 4.98 Å². The highest BCUT2D eigenvalue weighted by molar-refractivity contribution is 9.10. The van der Waals surface area contributed by atoms with E-state index in [9.17, 15) is 14.7 Å². The summed E-state index contributed by atoms with van der Waals surface area (Å²) in [7, 11) is 0. The van der Waals surface area contributed by atoms with Crippen LogP contribution >= 0.6 is 15.9 Å². The van der Waals surface area contributed by atoms with Crippen LogP contribution in [0.1, 0.15) is 41.4 Å². The molecule has 0 bridgehead atoms. The van der Waals surface area contributed by atoms with Gasteiger partial charge in [0.05, 0.1) is 23.0 Å². The van der Waals surface area contributed by atoms with Crippen molar-refractivity contribution < 1.29 is 19.4 Å². The average Bonchev–Trinajstić information content (AvgIpc) is 2.69. The first-order chi connectivity index (χ1) is 13.8. The number of Topliss-reactive ketones (excluding diaryl/α,β-unsaturated/α-hetero) is 1. The van der Waals surface area contributed by atoms with Crippen LogP contribution < -0.4 is 0 Å². The van der Waals surface area contributed by atoms with E-state index < -0.39 is 11.8 Å². The number of ether oxygens (including phenoxy) is 1. The SMILES string of the molecule is CCOC(=O)CCC(=O)c1nc2c(-c3c(C)cccc3C)cccc2c(Br)c1O. The Morgan fingerprint density at radius 1 is 1.07 bits per heavy atom. The lowest BCUT2D eigenvalue weighted by Crippen LogP contribution is -2.10. The molecule has 2 aromatic carbocycles. The van der Waals surface area contributed by atoms with Gasteiger partial charge in [-0.15, -0.1) is 0 Å². The zero-order valence-electron chi connectivity index (χ0n) is 16.6. The molecule has 0 saturated heterocycles. The molecule has 0 aliphatic carbocycles. The van der Waals surface area contributed by atoms with Crippen LogP contribution in [0.4, 0.5) is 0 Å². The lowest BCUT2D eigenvalue weighted by molar-refractivity contribution is -0.143. The van der Waals surface area contributed by atoms with Gasteiger partial charge in [-0.05, 0) is 53.4 Å². The first-order valence-electron chi connectivity index (χ1n) is 9.41. The third kappa shape index (κ3) is 4.17. The number of halogens is 1. The average molecular weight is 456 g/mol. The summed E-state index contributed by atoms with van der Waals surface area (Å²) in [6.45, 7) is 6.03. The van der Waals surface area contributed by atoms with Crippen LogP contribution in [0, 0.1) is 13.8 Å². The van der Waals surface area contributed by atoms with Crippen LogP contribution in [0.15, 0.2) is 40.9 Å². The zero-order valence-corrected chi connectivity index (χ0v) is 18.2. The zero-order chi connectivity index (χ0) is 21.1. The number of hydrogen-bond acceptors (Lipinski definition) is 5. The summed E-state index contributed by atoms with van der Waals surface area (Å²) in [4.78, 5) is 28.8. The predicted octanol–water partition coefficient (Wildman–Crippen LogP) is 5.51. The van der Waals surface area contributed by atoms with Gasteiger partial charge in [-0.3, -0.25) is 9.59 Å². The largest absolute Gasteiger partial charge is 0.504 e. The Kier molecular flexibility index (Phi) is 6.33. The van der Waals surface area contributed by atoms with Crippen LogP contribution in [0.3, 0.4) is 0 Å². The van der Waals surface area contributed by atoms with Gasteiger partial charge in [-0.1, -0.05) is 36.4 Å². The number of hydrogen-bond donors (Lipinski definition) is 1. The molecule has 0 amide bonds. The number of para-hydroxylation sites is 1. The monoisotopic (exact) mass is 455 g/mol.